The summed E-state index contributed by atoms with van der Waals surface area (Å²) < 4.78 is 5.83. The van der Waals surface area contributed by atoms with Gasteiger partial charge < -0.3 is 10.1 Å². The summed E-state index contributed by atoms with van der Waals surface area (Å²) >= 11 is 3.22. The maximum Gasteiger partial charge on any atom is 0.269 e. The lowest BCUT2D eigenvalue weighted by Crippen LogP contribution is -2.26. The molecular formula is C11H15BrN2O2. The quantitative estimate of drug-likeness (QED) is 0.643. The number of pyridine rings is 1. The molecule has 0 fully saturated rings. The average molecular weight is 287 g/mol. The molecule has 0 unspecified atom stereocenters. The van der Waals surface area contributed by atoms with E-state index in [0.29, 0.717) is 30.1 Å². The van der Waals surface area contributed by atoms with Crippen molar-refractivity contribution < 1.29 is 9.53 Å². The first kappa shape index (κ1) is 13.1. The van der Waals surface area contributed by atoms with Crippen LogP contribution < -0.4 is 5.32 Å². The number of hydrogen-bond acceptors (Lipinski definition) is 3. The first-order valence-corrected chi connectivity index (χ1v) is 6.02. The van der Waals surface area contributed by atoms with Gasteiger partial charge in [0.05, 0.1) is 0 Å². The van der Waals surface area contributed by atoms with E-state index in [-0.39, 0.29) is 5.91 Å². The highest BCUT2D eigenvalue weighted by atomic mass is 79.9. The molecule has 88 valence electrons. The van der Waals surface area contributed by atoms with Crippen molar-refractivity contribution in [3.63, 3.8) is 0 Å². The van der Waals surface area contributed by atoms with Gasteiger partial charge in [0.2, 0.25) is 0 Å². The number of nitrogens with one attached hydrogen (secondary N) is 1. The second kappa shape index (κ2) is 7.35. The molecule has 0 radical (unpaired) electrons. The lowest BCUT2D eigenvalue weighted by Gasteiger charge is -2.04. The Labute approximate surface area is 104 Å². The van der Waals surface area contributed by atoms with Crippen LogP contribution in [0.5, 0.6) is 0 Å². The van der Waals surface area contributed by atoms with Crippen LogP contribution in [0.3, 0.4) is 0 Å². The standard InChI is InChI=1S/C11H15BrN2O2/c1-2-16-8-4-7-13-11(15)9-5-3-6-10(12)14-9/h3,5-6H,2,4,7-8H2,1H3,(H,13,15). The maximum atomic E-state index is 11.6. The Hall–Kier alpha value is -0.940. The van der Waals surface area contributed by atoms with E-state index in [9.17, 15) is 4.79 Å². The highest BCUT2D eigenvalue weighted by Gasteiger charge is 2.05. The number of carbonyl (C=O) groups is 1. The van der Waals surface area contributed by atoms with Crippen molar-refractivity contribution in [3.8, 4) is 0 Å². The molecule has 1 aromatic rings. The molecule has 1 N–H and O–H groups in total. The fourth-order valence-corrected chi connectivity index (χ4v) is 1.49. The Balaban J connectivity index is 2.30. The van der Waals surface area contributed by atoms with Crippen molar-refractivity contribution >= 4 is 21.8 Å². The van der Waals surface area contributed by atoms with Crippen molar-refractivity contribution in [3.05, 3.63) is 28.5 Å². The maximum absolute atomic E-state index is 11.6. The number of halogens is 1. The van der Waals surface area contributed by atoms with Crippen LogP contribution in [0.4, 0.5) is 0 Å². The molecule has 16 heavy (non-hydrogen) atoms. The van der Waals surface area contributed by atoms with Crippen LogP contribution in [-0.4, -0.2) is 30.6 Å². The number of amides is 1. The third-order valence-electron chi connectivity index (χ3n) is 1.90. The van der Waals surface area contributed by atoms with Crippen molar-refractivity contribution in [2.45, 2.75) is 13.3 Å². The van der Waals surface area contributed by atoms with Crippen LogP contribution in [-0.2, 0) is 4.74 Å². The third-order valence-corrected chi connectivity index (χ3v) is 2.34. The van der Waals surface area contributed by atoms with Gasteiger partial charge in [0.25, 0.3) is 5.91 Å². The summed E-state index contributed by atoms with van der Waals surface area (Å²) in [7, 11) is 0. The summed E-state index contributed by atoms with van der Waals surface area (Å²) in [6.45, 7) is 3.93. The molecule has 5 heteroatoms. The molecular weight excluding hydrogens is 272 g/mol. The van der Waals surface area contributed by atoms with E-state index in [2.05, 4.69) is 26.2 Å². The van der Waals surface area contributed by atoms with Crippen LogP contribution in [0.25, 0.3) is 0 Å². The predicted molar refractivity (Wildman–Crippen MR) is 65.4 cm³/mol. The molecule has 0 bridgehead atoms. The summed E-state index contributed by atoms with van der Waals surface area (Å²) in [4.78, 5) is 15.7. The summed E-state index contributed by atoms with van der Waals surface area (Å²) in [6.07, 6.45) is 0.813. The zero-order valence-electron chi connectivity index (χ0n) is 9.20. The van der Waals surface area contributed by atoms with Gasteiger partial charge in [-0.05, 0) is 41.4 Å². The van der Waals surface area contributed by atoms with E-state index in [1.807, 2.05) is 6.92 Å². The fraction of sp³-hybridized carbons (Fsp3) is 0.455. The topological polar surface area (TPSA) is 51.2 Å². The van der Waals surface area contributed by atoms with Gasteiger partial charge in [0, 0.05) is 19.8 Å². The molecule has 0 saturated carbocycles. The van der Waals surface area contributed by atoms with Gasteiger partial charge in [-0.3, -0.25) is 4.79 Å². The minimum atomic E-state index is -0.155. The lowest BCUT2D eigenvalue weighted by atomic mass is 10.3. The van der Waals surface area contributed by atoms with Crippen molar-refractivity contribution in [2.75, 3.05) is 19.8 Å². The Morgan fingerprint density at radius 1 is 1.56 bits per heavy atom. The predicted octanol–water partition coefficient (Wildman–Crippen LogP) is 2.00. The third kappa shape index (κ3) is 4.72. The summed E-state index contributed by atoms with van der Waals surface area (Å²) in [5.41, 5.74) is 0.422. The molecule has 4 nitrogen and oxygen atoms in total. The molecule has 1 amide bonds. The second-order valence-corrected chi connectivity index (χ2v) is 3.96. The number of ether oxygens (including phenoxy) is 1. The molecule has 1 heterocycles. The Morgan fingerprint density at radius 2 is 2.38 bits per heavy atom. The molecule has 0 saturated heterocycles. The van der Waals surface area contributed by atoms with Gasteiger partial charge in [-0.15, -0.1) is 0 Å². The van der Waals surface area contributed by atoms with Crippen LogP contribution in [0.1, 0.15) is 23.8 Å². The largest absolute Gasteiger partial charge is 0.382 e. The molecule has 0 aliphatic carbocycles. The second-order valence-electron chi connectivity index (χ2n) is 3.15. The van der Waals surface area contributed by atoms with Crippen LogP contribution >= 0.6 is 15.9 Å². The Kier molecular flexibility index (Phi) is 6.03. The SMILES string of the molecule is CCOCCCNC(=O)c1cccc(Br)n1. The Morgan fingerprint density at radius 3 is 3.06 bits per heavy atom. The first-order chi connectivity index (χ1) is 7.74. The Bertz CT molecular complexity index is 345. The smallest absolute Gasteiger partial charge is 0.269 e. The molecule has 1 rings (SSSR count). The normalized spacial score (nSPS) is 10.1. The monoisotopic (exact) mass is 286 g/mol. The summed E-state index contributed by atoms with van der Waals surface area (Å²) in [5.74, 6) is -0.155. The number of carbonyl (C=O) groups excluding carboxylic acids is 1. The minimum absolute atomic E-state index is 0.155. The van der Waals surface area contributed by atoms with Crippen molar-refractivity contribution in [1.82, 2.24) is 10.3 Å². The van der Waals surface area contributed by atoms with Gasteiger partial charge in [-0.2, -0.15) is 0 Å². The summed E-state index contributed by atoms with van der Waals surface area (Å²) in [5, 5.41) is 2.78. The van der Waals surface area contributed by atoms with Gasteiger partial charge in [0.1, 0.15) is 10.3 Å². The first-order valence-electron chi connectivity index (χ1n) is 5.22. The van der Waals surface area contributed by atoms with E-state index in [0.717, 1.165) is 6.42 Å². The minimum Gasteiger partial charge on any atom is -0.382 e. The summed E-state index contributed by atoms with van der Waals surface area (Å²) in [6, 6.07) is 5.25. The van der Waals surface area contributed by atoms with E-state index in [1.54, 1.807) is 18.2 Å². The molecule has 0 aliphatic heterocycles. The molecule has 1 aromatic heterocycles. The molecule has 0 atom stereocenters. The van der Waals surface area contributed by atoms with Crippen LogP contribution in [0.15, 0.2) is 22.8 Å². The van der Waals surface area contributed by atoms with Gasteiger partial charge in [0.15, 0.2) is 0 Å². The van der Waals surface area contributed by atoms with E-state index < -0.39 is 0 Å². The lowest BCUT2D eigenvalue weighted by molar-refractivity contribution is 0.0939. The zero-order valence-corrected chi connectivity index (χ0v) is 10.8. The van der Waals surface area contributed by atoms with Gasteiger partial charge >= 0.3 is 0 Å². The van der Waals surface area contributed by atoms with E-state index in [4.69, 9.17) is 4.74 Å². The number of hydrogen-bond donors (Lipinski definition) is 1. The van der Waals surface area contributed by atoms with Gasteiger partial charge in [-0.1, -0.05) is 6.07 Å². The molecule has 0 aromatic carbocycles. The van der Waals surface area contributed by atoms with Crippen LogP contribution in [0.2, 0.25) is 0 Å². The van der Waals surface area contributed by atoms with E-state index >= 15 is 0 Å². The highest BCUT2D eigenvalue weighted by Crippen LogP contribution is 2.05. The number of nitrogens with zero attached hydrogens (tertiary/aromatic N) is 1. The number of aromatic nitrogens is 1. The van der Waals surface area contributed by atoms with Gasteiger partial charge in [-0.25, -0.2) is 4.98 Å². The molecule has 0 aliphatic rings. The van der Waals surface area contributed by atoms with Crippen LogP contribution in [0, 0.1) is 0 Å². The van der Waals surface area contributed by atoms with Crippen molar-refractivity contribution in [1.29, 1.82) is 0 Å². The average Bonchev–Trinajstić information content (AvgIpc) is 2.28. The number of rotatable bonds is 6. The zero-order chi connectivity index (χ0) is 11.8. The van der Waals surface area contributed by atoms with Crippen molar-refractivity contribution in [2.24, 2.45) is 0 Å². The van der Waals surface area contributed by atoms with E-state index in [1.165, 1.54) is 0 Å². The fourth-order valence-electron chi connectivity index (χ4n) is 1.15. The molecule has 0 spiro atoms. The highest BCUT2D eigenvalue weighted by molar-refractivity contribution is 9.10.